The van der Waals surface area contributed by atoms with Crippen LogP contribution in [0, 0.1) is 17.5 Å². The second kappa shape index (κ2) is 12.3. The number of primary amides is 1. The number of aromatic nitrogens is 3. The highest BCUT2D eigenvalue weighted by Gasteiger charge is 2.32. The normalized spacial score (nSPS) is 15.3. The first kappa shape index (κ1) is 29.8. The van der Waals surface area contributed by atoms with Gasteiger partial charge in [0.25, 0.3) is 12.3 Å². The molecule has 4 N–H and O–H groups in total. The van der Waals surface area contributed by atoms with Crippen molar-refractivity contribution in [1.82, 2.24) is 20.1 Å². The van der Waals surface area contributed by atoms with Crippen LogP contribution in [-0.4, -0.2) is 31.7 Å². The van der Waals surface area contributed by atoms with E-state index in [1.54, 1.807) is 12.1 Å². The predicted molar refractivity (Wildman–Crippen MR) is 144 cm³/mol. The fourth-order valence-corrected chi connectivity index (χ4v) is 5.44. The van der Waals surface area contributed by atoms with Crippen molar-refractivity contribution >= 4 is 11.8 Å². The van der Waals surface area contributed by atoms with Gasteiger partial charge in [0.1, 0.15) is 29.7 Å². The van der Waals surface area contributed by atoms with Gasteiger partial charge in [0.15, 0.2) is 0 Å². The van der Waals surface area contributed by atoms with E-state index in [2.05, 4.69) is 15.4 Å². The predicted octanol–water partition coefficient (Wildman–Crippen LogP) is 4.87. The van der Waals surface area contributed by atoms with Crippen LogP contribution >= 0.6 is 0 Å². The van der Waals surface area contributed by atoms with Crippen molar-refractivity contribution in [2.45, 2.75) is 50.8 Å². The molecular formula is C30H26F5N5O3. The first-order valence-electron chi connectivity index (χ1n) is 13.4. The molecule has 8 nitrogen and oxygen atoms in total. The van der Waals surface area contributed by atoms with Crippen molar-refractivity contribution in [3.05, 3.63) is 106 Å². The van der Waals surface area contributed by atoms with Crippen molar-refractivity contribution < 1.29 is 36.6 Å². The van der Waals surface area contributed by atoms with E-state index in [4.69, 9.17) is 5.73 Å². The van der Waals surface area contributed by atoms with Crippen LogP contribution in [0.3, 0.4) is 0 Å². The molecule has 43 heavy (non-hydrogen) atoms. The van der Waals surface area contributed by atoms with Gasteiger partial charge in [-0.15, -0.1) is 0 Å². The van der Waals surface area contributed by atoms with Crippen LogP contribution in [-0.2, 0) is 24.2 Å². The van der Waals surface area contributed by atoms with Crippen LogP contribution in [0.4, 0.5) is 22.0 Å². The summed E-state index contributed by atoms with van der Waals surface area (Å²) in [5.74, 6) is -4.24. The average molecular weight is 600 g/mol. The number of pyridine rings is 1. The molecule has 2 heterocycles. The highest BCUT2D eigenvalue weighted by atomic mass is 19.3. The number of hydrogen-bond acceptors (Lipinski definition) is 5. The summed E-state index contributed by atoms with van der Waals surface area (Å²) in [7, 11) is 0. The standard InChI is InChI=1S/C30H26F5N5O3/c31-17-9-15(10-18(32)13-17)11-23(26-19(4-2-8-37-26)16-6-7-22(33)21(12-16)30(36)43)38-25(42)14-40-28-20(3-1-5-24(28)41)27(39-40)29(34)35/h2,4,6-10,12-13,23-24,29,41H,1,3,5,11,14H2,(H2,36,43)(H,38,42)/t23-,24?/m0/s1. The Morgan fingerprint density at radius 3 is 2.51 bits per heavy atom. The monoisotopic (exact) mass is 599 g/mol. The Bertz CT molecular complexity index is 1670. The van der Waals surface area contributed by atoms with E-state index >= 15 is 0 Å². The lowest BCUT2D eigenvalue weighted by atomic mass is 9.93. The van der Waals surface area contributed by atoms with Gasteiger partial charge in [-0.05, 0) is 67.1 Å². The number of benzene rings is 2. The molecule has 224 valence electrons. The van der Waals surface area contributed by atoms with Gasteiger partial charge in [0.2, 0.25) is 5.91 Å². The second-order valence-electron chi connectivity index (χ2n) is 10.2. The highest BCUT2D eigenvalue weighted by molar-refractivity contribution is 5.94. The molecule has 5 rings (SSSR count). The molecule has 2 aromatic carbocycles. The molecule has 2 aromatic heterocycles. The number of aliphatic hydroxyl groups excluding tert-OH is 1. The molecule has 0 bridgehead atoms. The molecule has 1 aliphatic carbocycles. The van der Waals surface area contributed by atoms with Gasteiger partial charge in [-0.25, -0.2) is 22.0 Å². The molecule has 0 radical (unpaired) electrons. The molecule has 2 amide bonds. The van der Waals surface area contributed by atoms with Gasteiger partial charge < -0.3 is 16.2 Å². The minimum absolute atomic E-state index is 0.143. The smallest absolute Gasteiger partial charge is 0.282 e. The maximum Gasteiger partial charge on any atom is 0.282 e. The summed E-state index contributed by atoms with van der Waals surface area (Å²) in [5, 5.41) is 17.2. The lowest BCUT2D eigenvalue weighted by molar-refractivity contribution is -0.122. The molecule has 1 unspecified atom stereocenters. The van der Waals surface area contributed by atoms with Gasteiger partial charge in [0.05, 0.1) is 29.1 Å². The number of nitrogens with zero attached hydrogens (tertiary/aromatic N) is 3. The van der Waals surface area contributed by atoms with Crippen molar-refractivity contribution in [3.63, 3.8) is 0 Å². The Labute approximate surface area is 242 Å². The minimum atomic E-state index is -2.91. The number of nitrogens with one attached hydrogen (secondary N) is 1. The third kappa shape index (κ3) is 6.41. The Balaban J connectivity index is 1.53. The number of rotatable bonds is 9. The summed E-state index contributed by atoms with van der Waals surface area (Å²) in [5.41, 5.74) is 5.85. The second-order valence-corrected chi connectivity index (χ2v) is 10.2. The van der Waals surface area contributed by atoms with E-state index < -0.39 is 60.1 Å². The Morgan fingerprint density at radius 2 is 1.81 bits per heavy atom. The first-order chi connectivity index (χ1) is 20.5. The number of fused-ring (bicyclic) bond motifs is 1. The van der Waals surface area contributed by atoms with E-state index in [0.717, 1.165) is 22.9 Å². The SMILES string of the molecule is NC(=O)c1cc(-c2cccnc2[C@H](Cc2cc(F)cc(F)c2)NC(=O)Cn2nc(C(F)F)c3c2C(O)CCC3)ccc1F. The van der Waals surface area contributed by atoms with Gasteiger partial charge in [-0.3, -0.25) is 19.3 Å². The number of alkyl halides is 2. The number of halogens is 5. The van der Waals surface area contributed by atoms with Gasteiger partial charge in [-0.2, -0.15) is 5.10 Å². The first-order valence-corrected chi connectivity index (χ1v) is 13.4. The van der Waals surface area contributed by atoms with Crippen LogP contribution in [0.1, 0.15) is 70.0 Å². The lowest BCUT2D eigenvalue weighted by Crippen LogP contribution is -2.34. The zero-order valence-electron chi connectivity index (χ0n) is 22.5. The minimum Gasteiger partial charge on any atom is -0.387 e. The topological polar surface area (TPSA) is 123 Å². The van der Waals surface area contributed by atoms with E-state index in [1.807, 2.05) is 0 Å². The largest absolute Gasteiger partial charge is 0.387 e. The molecule has 2 atom stereocenters. The van der Waals surface area contributed by atoms with Crippen LogP contribution in [0.25, 0.3) is 11.1 Å². The maximum atomic E-state index is 14.2. The van der Waals surface area contributed by atoms with Gasteiger partial charge >= 0.3 is 0 Å². The number of carbonyl (C=O) groups excluding carboxylic acids is 2. The number of nitrogens with two attached hydrogens (primary N) is 1. The number of aliphatic hydroxyl groups is 1. The number of carbonyl (C=O) groups is 2. The molecule has 13 heteroatoms. The summed E-state index contributed by atoms with van der Waals surface area (Å²) in [6.45, 7) is -0.537. The van der Waals surface area contributed by atoms with E-state index in [9.17, 15) is 36.6 Å². The van der Waals surface area contributed by atoms with Crippen molar-refractivity contribution in [2.24, 2.45) is 5.73 Å². The molecule has 1 aliphatic rings. The van der Waals surface area contributed by atoms with Crippen molar-refractivity contribution in [1.29, 1.82) is 0 Å². The van der Waals surface area contributed by atoms with E-state index in [1.165, 1.54) is 18.3 Å². The molecule has 0 saturated carbocycles. The third-order valence-corrected chi connectivity index (χ3v) is 7.25. The van der Waals surface area contributed by atoms with E-state index in [-0.39, 0.29) is 40.9 Å². The van der Waals surface area contributed by atoms with Gasteiger partial charge in [0, 0.05) is 23.4 Å². The summed E-state index contributed by atoms with van der Waals surface area (Å²) in [6.07, 6.45) is -1.64. The van der Waals surface area contributed by atoms with Crippen LogP contribution in [0.5, 0.6) is 0 Å². The van der Waals surface area contributed by atoms with Crippen LogP contribution in [0.15, 0.2) is 54.7 Å². The Morgan fingerprint density at radius 1 is 1.07 bits per heavy atom. The molecule has 4 aromatic rings. The molecule has 0 fully saturated rings. The fraction of sp³-hybridized carbons (Fsp3) is 0.267. The van der Waals surface area contributed by atoms with Crippen LogP contribution in [0.2, 0.25) is 0 Å². The van der Waals surface area contributed by atoms with Gasteiger partial charge in [-0.1, -0.05) is 12.1 Å². The molecule has 0 saturated heterocycles. The van der Waals surface area contributed by atoms with Crippen molar-refractivity contribution in [3.8, 4) is 11.1 Å². The third-order valence-electron chi connectivity index (χ3n) is 7.25. The molecule has 0 aliphatic heterocycles. The van der Waals surface area contributed by atoms with Crippen LogP contribution < -0.4 is 11.1 Å². The quantitative estimate of drug-likeness (QED) is 0.237. The number of amides is 2. The summed E-state index contributed by atoms with van der Waals surface area (Å²) in [6, 6.07) is 8.64. The average Bonchev–Trinajstić information content (AvgIpc) is 3.32. The summed E-state index contributed by atoms with van der Waals surface area (Å²) >= 11 is 0. The lowest BCUT2D eigenvalue weighted by Gasteiger charge is -2.23. The maximum absolute atomic E-state index is 14.2. The molecular weight excluding hydrogens is 573 g/mol. The van der Waals surface area contributed by atoms with E-state index in [0.29, 0.717) is 30.0 Å². The zero-order valence-corrected chi connectivity index (χ0v) is 22.5. The summed E-state index contributed by atoms with van der Waals surface area (Å²) < 4.78 is 70.8. The fourth-order valence-electron chi connectivity index (χ4n) is 5.44. The Kier molecular flexibility index (Phi) is 8.53. The highest BCUT2D eigenvalue weighted by Crippen LogP contribution is 2.36. The zero-order chi connectivity index (χ0) is 30.8. The number of hydrogen-bond donors (Lipinski definition) is 3. The Hall–Kier alpha value is -4.65. The molecule has 0 spiro atoms. The van der Waals surface area contributed by atoms with Crippen molar-refractivity contribution in [2.75, 3.05) is 0 Å². The summed E-state index contributed by atoms with van der Waals surface area (Å²) in [4.78, 5) is 29.6.